The summed E-state index contributed by atoms with van der Waals surface area (Å²) in [5.41, 5.74) is 4.16. The second-order valence-corrected chi connectivity index (χ2v) is 6.69. The van der Waals surface area contributed by atoms with Crippen LogP contribution in [-0.4, -0.2) is 19.6 Å². The Balaban J connectivity index is 1.48. The van der Waals surface area contributed by atoms with Crippen LogP contribution >= 0.6 is 23.1 Å². The fourth-order valence-corrected chi connectivity index (χ4v) is 3.60. The van der Waals surface area contributed by atoms with Crippen LogP contribution < -0.4 is 5.32 Å². The van der Waals surface area contributed by atoms with Crippen molar-refractivity contribution in [2.75, 3.05) is 0 Å². The Kier molecular flexibility index (Phi) is 4.02. The summed E-state index contributed by atoms with van der Waals surface area (Å²) >= 11 is 2.81. The summed E-state index contributed by atoms with van der Waals surface area (Å²) in [5.74, 6) is -0.133. The summed E-state index contributed by atoms with van der Waals surface area (Å²) in [7, 11) is 0. The third kappa shape index (κ3) is 3.04. The highest BCUT2D eigenvalue weighted by Crippen LogP contribution is 2.24. The van der Waals surface area contributed by atoms with E-state index >= 15 is 0 Å². The van der Waals surface area contributed by atoms with Gasteiger partial charge >= 0.3 is 0 Å². The number of rotatable bonds is 4. The van der Waals surface area contributed by atoms with E-state index in [4.69, 9.17) is 0 Å². The van der Waals surface area contributed by atoms with Gasteiger partial charge in [-0.3, -0.25) is 9.78 Å². The number of carbonyl (C=O) groups is 1. The van der Waals surface area contributed by atoms with Gasteiger partial charge in [0, 0.05) is 34.9 Å². The van der Waals surface area contributed by atoms with Gasteiger partial charge in [0.05, 0.1) is 11.7 Å². The first-order valence-corrected chi connectivity index (χ1v) is 8.89. The summed E-state index contributed by atoms with van der Waals surface area (Å²) in [4.78, 5) is 17.8. The Morgan fingerprint density at radius 3 is 2.88 bits per heavy atom. The van der Waals surface area contributed by atoms with Crippen LogP contribution in [0.2, 0.25) is 0 Å². The average Bonchev–Trinajstić information content (AvgIpc) is 3.30. The standard InChI is InChI=1S/C17H12N4OS2/c22-17(12-3-4-14-15(7-12)21-24-20-14)19-9-11-6-13(10-18-8-11)16-2-1-5-23-16/h1-8,10H,9H2,(H,19,22). The van der Waals surface area contributed by atoms with Gasteiger partial charge in [-0.15, -0.1) is 11.3 Å². The molecule has 24 heavy (non-hydrogen) atoms. The van der Waals surface area contributed by atoms with E-state index in [1.807, 2.05) is 29.8 Å². The molecule has 0 radical (unpaired) electrons. The molecular weight excluding hydrogens is 340 g/mol. The van der Waals surface area contributed by atoms with E-state index < -0.39 is 0 Å². The zero-order valence-electron chi connectivity index (χ0n) is 12.5. The minimum Gasteiger partial charge on any atom is -0.348 e. The van der Waals surface area contributed by atoms with Crippen molar-refractivity contribution in [2.45, 2.75) is 6.54 Å². The Labute approximate surface area is 146 Å². The van der Waals surface area contributed by atoms with Crippen LogP contribution in [0, 0.1) is 0 Å². The van der Waals surface area contributed by atoms with E-state index in [1.165, 1.54) is 0 Å². The van der Waals surface area contributed by atoms with Crippen molar-refractivity contribution >= 4 is 40.0 Å². The number of thiophene rings is 1. The highest BCUT2D eigenvalue weighted by atomic mass is 32.1. The van der Waals surface area contributed by atoms with Gasteiger partial charge in [-0.25, -0.2) is 0 Å². The van der Waals surface area contributed by atoms with Crippen LogP contribution in [0.4, 0.5) is 0 Å². The molecule has 1 N–H and O–H groups in total. The van der Waals surface area contributed by atoms with Crippen LogP contribution in [0.25, 0.3) is 21.5 Å². The highest BCUT2D eigenvalue weighted by molar-refractivity contribution is 7.13. The fourth-order valence-electron chi connectivity index (χ4n) is 2.37. The molecule has 0 bridgehead atoms. The van der Waals surface area contributed by atoms with Crippen LogP contribution in [0.1, 0.15) is 15.9 Å². The van der Waals surface area contributed by atoms with Gasteiger partial charge in [-0.05, 0) is 41.3 Å². The number of benzene rings is 1. The molecule has 0 aliphatic carbocycles. The zero-order chi connectivity index (χ0) is 16.4. The molecule has 0 unspecified atom stereocenters. The number of hydrogen-bond acceptors (Lipinski definition) is 6. The Bertz CT molecular complexity index is 995. The van der Waals surface area contributed by atoms with Gasteiger partial charge in [0.2, 0.25) is 0 Å². The highest BCUT2D eigenvalue weighted by Gasteiger charge is 2.09. The number of carbonyl (C=O) groups excluding carboxylic acids is 1. The van der Waals surface area contributed by atoms with E-state index in [2.05, 4.69) is 25.1 Å². The fraction of sp³-hybridized carbons (Fsp3) is 0.0588. The first kappa shape index (κ1) is 14.9. The number of amides is 1. The van der Waals surface area contributed by atoms with Gasteiger partial charge in [0.25, 0.3) is 5.91 Å². The quantitative estimate of drug-likeness (QED) is 0.607. The van der Waals surface area contributed by atoms with Crippen LogP contribution in [-0.2, 0) is 6.54 Å². The Morgan fingerprint density at radius 2 is 2.00 bits per heavy atom. The number of fused-ring (bicyclic) bond motifs is 1. The summed E-state index contributed by atoms with van der Waals surface area (Å²) in [6.45, 7) is 0.429. The smallest absolute Gasteiger partial charge is 0.251 e. The molecule has 4 rings (SSSR count). The van der Waals surface area contributed by atoms with E-state index in [0.29, 0.717) is 12.1 Å². The second kappa shape index (κ2) is 6.46. The molecule has 0 saturated carbocycles. The van der Waals surface area contributed by atoms with Gasteiger partial charge < -0.3 is 5.32 Å². The molecule has 5 nitrogen and oxygen atoms in total. The number of nitrogens with zero attached hydrogens (tertiary/aromatic N) is 3. The third-order valence-electron chi connectivity index (χ3n) is 3.57. The summed E-state index contributed by atoms with van der Waals surface area (Å²) < 4.78 is 8.30. The van der Waals surface area contributed by atoms with Crippen LogP contribution in [0.15, 0.2) is 54.2 Å². The van der Waals surface area contributed by atoms with E-state index in [1.54, 1.807) is 29.7 Å². The SMILES string of the molecule is O=C(NCc1cncc(-c2cccs2)c1)c1ccc2nsnc2c1. The summed E-state index contributed by atoms with van der Waals surface area (Å²) in [6, 6.07) is 11.5. The van der Waals surface area contributed by atoms with Crippen molar-refractivity contribution < 1.29 is 4.79 Å². The number of nitrogens with one attached hydrogen (secondary N) is 1. The molecule has 0 aliphatic heterocycles. The monoisotopic (exact) mass is 352 g/mol. The van der Waals surface area contributed by atoms with Crippen molar-refractivity contribution in [3.8, 4) is 10.4 Å². The second-order valence-electron chi connectivity index (χ2n) is 5.21. The number of hydrogen-bond donors (Lipinski definition) is 1. The average molecular weight is 352 g/mol. The number of aromatic nitrogens is 3. The molecule has 0 atom stereocenters. The number of pyridine rings is 1. The molecule has 0 fully saturated rings. The molecule has 3 aromatic heterocycles. The zero-order valence-corrected chi connectivity index (χ0v) is 14.1. The lowest BCUT2D eigenvalue weighted by Gasteiger charge is -2.06. The molecule has 0 spiro atoms. The van der Waals surface area contributed by atoms with E-state index in [0.717, 1.165) is 38.8 Å². The molecule has 0 aliphatic rings. The first-order valence-electron chi connectivity index (χ1n) is 7.28. The van der Waals surface area contributed by atoms with Gasteiger partial charge in [0.1, 0.15) is 11.0 Å². The summed E-state index contributed by atoms with van der Waals surface area (Å²) in [5, 5.41) is 4.96. The lowest BCUT2D eigenvalue weighted by Crippen LogP contribution is -2.22. The minimum absolute atomic E-state index is 0.133. The first-order chi connectivity index (χ1) is 11.8. The van der Waals surface area contributed by atoms with Gasteiger partial charge in [-0.2, -0.15) is 8.75 Å². The Hall–Kier alpha value is -2.64. The third-order valence-corrected chi connectivity index (χ3v) is 5.05. The predicted octanol–water partition coefficient (Wildman–Crippen LogP) is 3.74. The maximum atomic E-state index is 12.3. The van der Waals surface area contributed by atoms with Crippen LogP contribution in [0.5, 0.6) is 0 Å². The lowest BCUT2D eigenvalue weighted by atomic mass is 10.1. The molecule has 1 amide bonds. The van der Waals surface area contributed by atoms with Gasteiger partial charge in [-0.1, -0.05) is 6.07 Å². The molecule has 1 aromatic carbocycles. The van der Waals surface area contributed by atoms with Crippen molar-refractivity contribution in [1.29, 1.82) is 0 Å². The van der Waals surface area contributed by atoms with E-state index in [-0.39, 0.29) is 5.91 Å². The molecule has 7 heteroatoms. The van der Waals surface area contributed by atoms with Gasteiger partial charge in [0.15, 0.2) is 0 Å². The predicted molar refractivity (Wildman–Crippen MR) is 96.1 cm³/mol. The molecule has 0 saturated heterocycles. The van der Waals surface area contributed by atoms with Crippen molar-refractivity contribution in [2.24, 2.45) is 0 Å². The largest absolute Gasteiger partial charge is 0.348 e. The van der Waals surface area contributed by atoms with E-state index in [9.17, 15) is 4.79 Å². The molecular formula is C17H12N4OS2. The summed E-state index contributed by atoms with van der Waals surface area (Å²) in [6.07, 6.45) is 3.60. The normalized spacial score (nSPS) is 10.8. The Morgan fingerprint density at radius 1 is 1.08 bits per heavy atom. The van der Waals surface area contributed by atoms with Crippen molar-refractivity contribution in [3.05, 3.63) is 65.3 Å². The molecule has 4 aromatic rings. The molecule has 3 heterocycles. The maximum Gasteiger partial charge on any atom is 0.251 e. The molecule has 118 valence electrons. The topological polar surface area (TPSA) is 67.8 Å². The minimum atomic E-state index is -0.133. The van der Waals surface area contributed by atoms with Crippen molar-refractivity contribution in [1.82, 2.24) is 19.0 Å². The van der Waals surface area contributed by atoms with Crippen LogP contribution in [0.3, 0.4) is 0 Å². The maximum absolute atomic E-state index is 12.3. The van der Waals surface area contributed by atoms with Crippen molar-refractivity contribution in [3.63, 3.8) is 0 Å². The lowest BCUT2D eigenvalue weighted by molar-refractivity contribution is 0.0951.